The van der Waals surface area contributed by atoms with Crippen LogP contribution in [-0.2, 0) is 10.0 Å². The molecule has 0 heterocycles. The number of anilines is 1. The maximum Gasteiger partial charge on any atom is 0.264 e. The zero-order valence-corrected chi connectivity index (χ0v) is 13.7. The third-order valence-corrected chi connectivity index (χ3v) is 5.31. The molecule has 0 N–H and O–H groups in total. The van der Waals surface area contributed by atoms with Crippen molar-refractivity contribution in [3.63, 3.8) is 0 Å². The van der Waals surface area contributed by atoms with Crippen LogP contribution >= 0.6 is 0 Å². The smallest absolute Gasteiger partial charge is 0.264 e. The van der Waals surface area contributed by atoms with E-state index < -0.39 is 10.0 Å². The standard InChI is InChI=1S/C17H21NO2S/c1-5-18(16-11-14(3)10-15(4)12-16)21(19,20)17-8-6-13(2)7-9-17/h6-12H,5H2,1-4H3. The lowest BCUT2D eigenvalue weighted by Crippen LogP contribution is -2.30. The van der Waals surface area contributed by atoms with Crippen LogP contribution in [-0.4, -0.2) is 15.0 Å². The van der Waals surface area contributed by atoms with E-state index in [0.29, 0.717) is 11.4 Å². The fraction of sp³-hybridized carbons (Fsp3) is 0.294. The van der Waals surface area contributed by atoms with Crippen LogP contribution < -0.4 is 4.31 Å². The summed E-state index contributed by atoms with van der Waals surface area (Å²) in [6.45, 7) is 8.14. The van der Waals surface area contributed by atoms with Gasteiger partial charge in [0.15, 0.2) is 0 Å². The minimum Gasteiger partial charge on any atom is -0.267 e. The molecule has 0 spiro atoms. The molecule has 2 rings (SSSR count). The fourth-order valence-electron chi connectivity index (χ4n) is 2.42. The fourth-order valence-corrected chi connectivity index (χ4v) is 3.88. The van der Waals surface area contributed by atoms with Gasteiger partial charge in [-0.3, -0.25) is 4.31 Å². The Bertz CT molecular complexity index is 714. The molecule has 0 bridgehead atoms. The number of rotatable bonds is 4. The second-order valence-corrected chi connectivity index (χ2v) is 7.19. The maximum atomic E-state index is 12.8. The summed E-state index contributed by atoms with van der Waals surface area (Å²) >= 11 is 0. The quantitative estimate of drug-likeness (QED) is 0.861. The lowest BCUT2D eigenvalue weighted by molar-refractivity contribution is 0.592. The Morgan fingerprint density at radius 1 is 0.857 bits per heavy atom. The lowest BCUT2D eigenvalue weighted by atomic mass is 10.1. The number of nitrogens with zero attached hydrogens (tertiary/aromatic N) is 1. The average Bonchev–Trinajstić information content (AvgIpc) is 2.38. The topological polar surface area (TPSA) is 37.4 Å². The highest BCUT2D eigenvalue weighted by Gasteiger charge is 2.23. The number of hydrogen-bond acceptors (Lipinski definition) is 2. The summed E-state index contributed by atoms with van der Waals surface area (Å²) in [5.74, 6) is 0. The van der Waals surface area contributed by atoms with Gasteiger partial charge in [-0.2, -0.15) is 0 Å². The minimum atomic E-state index is -3.52. The van der Waals surface area contributed by atoms with Gasteiger partial charge in [0.1, 0.15) is 0 Å². The normalized spacial score (nSPS) is 11.4. The molecule has 0 radical (unpaired) electrons. The molecule has 0 aliphatic carbocycles. The van der Waals surface area contributed by atoms with Gasteiger partial charge < -0.3 is 0 Å². The molecule has 2 aromatic rings. The van der Waals surface area contributed by atoms with E-state index in [1.165, 1.54) is 4.31 Å². The van der Waals surface area contributed by atoms with Crippen LogP contribution in [0, 0.1) is 20.8 Å². The summed E-state index contributed by atoms with van der Waals surface area (Å²) in [4.78, 5) is 0.328. The van der Waals surface area contributed by atoms with Crippen molar-refractivity contribution in [2.75, 3.05) is 10.8 Å². The zero-order chi connectivity index (χ0) is 15.6. The van der Waals surface area contributed by atoms with Gasteiger partial charge in [0.2, 0.25) is 0 Å². The van der Waals surface area contributed by atoms with Crippen molar-refractivity contribution >= 4 is 15.7 Å². The van der Waals surface area contributed by atoms with Crippen LogP contribution in [0.15, 0.2) is 47.4 Å². The lowest BCUT2D eigenvalue weighted by Gasteiger charge is -2.24. The van der Waals surface area contributed by atoms with Gasteiger partial charge in [0.25, 0.3) is 10.0 Å². The van der Waals surface area contributed by atoms with Crippen molar-refractivity contribution in [1.82, 2.24) is 0 Å². The molecule has 0 aromatic heterocycles. The predicted molar refractivity (Wildman–Crippen MR) is 87.3 cm³/mol. The van der Waals surface area contributed by atoms with Crippen molar-refractivity contribution in [2.24, 2.45) is 0 Å². The Labute approximate surface area is 127 Å². The summed E-state index contributed by atoms with van der Waals surface area (Å²) < 4.78 is 27.1. The SMILES string of the molecule is CCN(c1cc(C)cc(C)c1)S(=O)(=O)c1ccc(C)cc1. The molecule has 0 saturated carbocycles. The molecule has 2 aromatic carbocycles. The summed E-state index contributed by atoms with van der Waals surface area (Å²) in [5, 5.41) is 0. The zero-order valence-electron chi connectivity index (χ0n) is 12.9. The second-order valence-electron chi connectivity index (χ2n) is 5.33. The van der Waals surface area contributed by atoms with E-state index in [9.17, 15) is 8.42 Å². The van der Waals surface area contributed by atoms with Crippen LogP contribution in [0.3, 0.4) is 0 Å². The minimum absolute atomic E-state index is 0.328. The molecule has 0 fully saturated rings. The molecule has 3 nitrogen and oxygen atoms in total. The van der Waals surface area contributed by atoms with Crippen molar-refractivity contribution < 1.29 is 8.42 Å². The van der Waals surface area contributed by atoms with Gasteiger partial charge in [0, 0.05) is 6.54 Å². The van der Waals surface area contributed by atoms with Crippen LogP contribution in [0.4, 0.5) is 5.69 Å². The molecule has 4 heteroatoms. The van der Waals surface area contributed by atoms with Gasteiger partial charge in [-0.25, -0.2) is 8.42 Å². The maximum absolute atomic E-state index is 12.8. The van der Waals surface area contributed by atoms with Crippen molar-refractivity contribution in [1.29, 1.82) is 0 Å². The van der Waals surface area contributed by atoms with E-state index in [4.69, 9.17) is 0 Å². The monoisotopic (exact) mass is 303 g/mol. The first-order chi connectivity index (χ1) is 9.84. The highest BCUT2D eigenvalue weighted by molar-refractivity contribution is 7.92. The van der Waals surface area contributed by atoms with E-state index >= 15 is 0 Å². The van der Waals surface area contributed by atoms with Gasteiger partial charge in [-0.05, 0) is 63.1 Å². The molecule has 0 amide bonds. The highest BCUT2D eigenvalue weighted by atomic mass is 32.2. The molecular formula is C17H21NO2S. The molecule has 0 saturated heterocycles. The molecule has 21 heavy (non-hydrogen) atoms. The summed E-state index contributed by atoms with van der Waals surface area (Å²) in [6, 6.07) is 12.8. The van der Waals surface area contributed by atoms with Gasteiger partial charge >= 0.3 is 0 Å². The molecule has 0 aliphatic rings. The third kappa shape index (κ3) is 3.27. The number of hydrogen-bond donors (Lipinski definition) is 0. The Morgan fingerprint density at radius 2 is 1.38 bits per heavy atom. The van der Waals surface area contributed by atoms with Crippen molar-refractivity contribution in [3.8, 4) is 0 Å². The molecule has 0 aliphatic heterocycles. The first kappa shape index (κ1) is 15.6. The summed E-state index contributed by atoms with van der Waals surface area (Å²) in [7, 11) is -3.52. The van der Waals surface area contributed by atoms with Gasteiger partial charge in [-0.15, -0.1) is 0 Å². The first-order valence-electron chi connectivity index (χ1n) is 7.02. The number of sulfonamides is 1. The third-order valence-electron chi connectivity index (χ3n) is 3.39. The Hall–Kier alpha value is -1.81. The van der Waals surface area contributed by atoms with Crippen molar-refractivity contribution in [3.05, 3.63) is 59.2 Å². The van der Waals surface area contributed by atoms with Crippen molar-refractivity contribution in [2.45, 2.75) is 32.6 Å². The number of aryl methyl sites for hydroxylation is 3. The van der Waals surface area contributed by atoms with Gasteiger partial charge in [0.05, 0.1) is 10.6 Å². The largest absolute Gasteiger partial charge is 0.267 e. The molecule has 0 unspecified atom stereocenters. The Morgan fingerprint density at radius 3 is 1.86 bits per heavy atom. The van der Waals surface area contributed by atoms with E-state index in [2.05, 4.69) is 0 Å². The van der Waals surface area contributed by atoms with Gasteiger partial charge in [-0.1, -0.05) is 23.8 Å². The van der Waals surface area contributed by atoms with E-state index in [1.54, 1.807) is 12.1 Å². The second kappa shape index (κ2) is 5.90. The average molecular weight is 303 g/mol. The van der Waals surface area contributed by atoms with E-state index in [1.807, 2.05) is 58.0 Å². The molecular weight excluding hydrogens is 282 g/mol. The molecule has 0 atom stereocenters. The van der Waals surface area contributed by atoms with E-state index in [-0.39, 0.29) is 0 Å². The first-order valence-corrected chi connectivity index (χ1v) is 8.46. The van der Waals surface area contributed by atoms with E-state index in [0.717, 1.165) is 22.4 Å². The number of benzene rings is 2. The Kier molecular flexibility index (Phi) is 4.37. The summed E-state index contributed by atoms with van der Waals surface area (Å²) in [5.41, 5.74) is 3.88. The highest BCUT2D eigenvalue weighted by Crippen LogP contribution is 2.25. The predicted octanol–water partition coefficient (Wildman–Crippen LogP) is 3.83. The van der Waals surface area contributed by atoms with Crippen LogP contribution in [0.1, 0.15) is 23.6 Å². The van der Waals surface area contributed by atoms with Crippen LogP contribution in [0.5, 0.6) is 0 Å². The summed E-state index contributed by atoms with van der Waals surface area (Å²) in [6.07, 6.45) is 0. The van der Waals surface area contributed by atoms with Crippen LogP contribution in [0.2, 0.25) is 0 Å². The van der Waals surface area contributed by atoms with Crippen LogP contribution in [0.25, 0.3) is 0 Å². The molecule has 112 valence electrons. The Balaban J connectivity index is 2.51.